The molecule has 0 aliphatic heterocycles. The summed E-state index contributed by atoms with van der Waals surface area (Å²) in [5.74, 6) is -0.409. The zero-order valence-electron chi connectivity index (χ0n) is 5.53. The summed E-state index contributed by atoms with van der Waals surface area (Å²) in [4.78, 5) is 14.1. The van der Waals surface area contributed by atoms with Crippen molar-refractivity contribution >= 4 is 11.3 Å². The van der Waals surface area contributed by atoms with Crippen molar-refractivity contribution in [3.8, 4) is 10.6 Å². The number of thiophene rings is 1. The molecule has 0 saturated heterocycles. The third kappa shape index (κ3) is 1.12. The molecule has 2 aromatic rings. The topological polar surface area (TPSA) is 46.0 Å². The highest BCUT2D eigenvalue weighted by Crippen LogP contribution is 2.20. The minimum absolute atomic E-state index is 0.409. The van der Waals surface area contributed by atoms with E-state index in [2.05, 4.69) is 9.40 Å². The van der Waals surface area contributed by atoms with Gasteiger partial charge in [-0.3, -0.25) is 4.98 Å². The second kappa shape index (κ2) is 2.39. The zero-order valence-corrected chi connectivity index (χ0v) is 6.35. The molecule has 0 atom stereocenters. The van der Waals surface area contributed by atoms with E-state index in [1.165, 1.54) is 6.26 Å². The van der Waals surface area contributed by atoms with Crippen molar-refractivity contribution in [1.29, 1.82) is 0 Å². The maximum atomic E-state index is 10.6. The van der Waals surface area contributed by atoms with E-state index in [1.807, 2.05) is 17.5 Å². The van der Waals surface area contributed by atoms with E-state index in [-0.39, 0.29) is 0 Å². The molecule has 0 saturated carbocycles. The molecular formula is C7H5NO2S. The van der Waals surface area contributed by atoms with E-state index < -0.39 is 5.76 Å². The molecule has 0 spiro atoms. The van der Waals surface area contributed by atoms with Crippen LogP contribution in [0.4, 0.5) is 0 Å². The first-order valence-corrected chi connectivity index (χ1v) is 3.96. The van der Waals surface area contributed by atoms with E-state index in [1.54, 1.807) is 11.3 Å². The average Bonchev–Trinajstić information content (AvgIpc) is 2.55. The van der Waals surface area contributed by atoms with Gasteiger partial charge in [0.15, 0.2) is 0 Å². The molecule has 0 aromatic carbocycles. The first-order chi connectivity index (χ1) is 5.36. The van der Waals surface area contributed by atoms with Crippen molar-refractivity contribution in [1.82, 2.24) is 4.98 Å². The number of rotatable bonds is 1. The molecule has 0 unspecified atom stereocenters. The maximum absolute atomic E-state index is 10.6. The van der Waals surface area contributed by atoms with Gasteiger partial charge in [0.2, 0.25) is 0 Å². The van der Waals surface area contributed by atoms with E-state index in [4.69, 9.17) is 0 Å². The van der Waals surface area contributed by atoms with Crippen LogP contribution in [0.5, 0.6) is 0 Å². The molecule has 56 valence electrons. The third-order valence-corrected chi connectivity index (χ3v) is 2.21. The molecule has 0 amide bonds. The monoisotopic (exact) mass is 167 g/mol. The summed E-state index contributed by atoms with van der Waals surface area (Å²) in [5.41, 5.74) is 0.741. The first kappa shape index (κ1) is 6.42. The molecule has 2 aromatic heterocycles. The Labute approximate surface area is 66.3 Å². The number of aromatic nitrogens is 1. The van der Waals surface area contributed by atoms with Crippen LogP contribution in [0.3, 0.4) is 0 Å². The van der Waals surface area contributed by atoms with Gasteiger partial charge in [0, 0.05) is 0 Å². The van der Waals surface area contributed by atoms with Crippen molar-refractivity contribution in [3.05, 3.63) is 34.3 Å². The van der Waals surface area contributed by atoms with Gasteiger partial charge in [-0.05, 0) is 11.4 Å². The summed E-state index contributed by atoms with van der Waals surface area (Å²) < 4.78 is 4.58. The third-order valence-electron chi connectivity index (χ3n) is 1.31. The summed E-state index contributed by atoms with van der Waals surface area (Å²) in [5, 5.41) is 1.95. The zero-order chi connectivity index (χ0) is 7.68. The van der Waals surface area contributed by atoms with E-state index in [0.717, 1.165) is 10.6 Å². The molecule has 1 N–H and O–H groups in total. The molecule has 2 heterocycles. The number of hydrogen-bond donors (Lipinski definition) is 1. The molecular weight excluding hydrogens is 162 g/mol. The Morgan fingerprint density at radius 2 is 2.45 bits per heavy atom. The van der Waals surface area contributed by atoms with Gasteiger partial charge in [0.25, 0.3) is 0 Å². The lowest BCUT2D eigenvalue weighted by atomic mass is 10.4. The summed E-state index contributed by atoms with van der Waals surface area (Å²) in [6.07, 6.45) is 1.42. The second-order valence-electron chi connectivity index (χ2n) is 2.04. The van der Waals surface area contributed by atoms with Gasteiger partial charge in [-0.15, -0.1) is 11.3 Å². The highest BCUT2D eigenvalue weighted by Gasteiger charge is 2.00. The van der Waals surface area contributed by atoms with E-state index >= 15 is 0 Å². The van der Waals surface area contributed by atoms with Crippen molar-refractivity contribution in [2.45, 2.75) is 0 Å². The van der Waals surface area contributed by atoms with Gasteiger partial charge < -0.3 is 4.42 Å². The number of H-pyrrole nitrogens is 1. The molecule has 0 bridgehead atoms. The predicted molar refractivity (Wildman–Crippen MR) is 42.6 cm³/mol. The predicted octanol–water partition coefficient (Wildman–Crippen LogP) is 1.70. The largest absolute Gasteiger partial charge is 0.416 e. The molecule has 0 aliphatic carbocycles. The van der Waals surface area contributed by atoms with Crippen molar-refractivity contribution < 1.29 is 4.42 Å². The van der Waals surface area contributed by atoms with Crippen LogP contribution < -0.4 is 5.76 Å². The number of hydrogen-bond acceptors (Lipinski definition) is 3. The Morgan fingerprint density at radius 1 is 1.55 bits per heavy atom. The fraction of sp³-hybridized carbons (Fsp3) is 0. The van der Waals surface area contributed by atoms with Gasteiger partial charge in [-0.2, -0.15) is 0 Å². The smallest absolute Gasteiger partial charge is 0.416 e. The SMILES string of the molecule is O=c1[nH]c(-c2cccs2)co1. The van der Waals surface area contributed by atoms with Crippen LogP contribution in [0.15, 0.2) is 33.0 Å². The highest BCUT2D eigenvalue weighted by atomic mass is 32.1. The molecule has 2 rings (SSSR count). The molecule has 3 nitrogen and oxygen atoms in total. The van der Waals surface area contributed by atoms with Gasteiger partial charge in [0.1, 0.15) is 6.26 Å². The summed E-state index contributed by atoms with van der Waals surface area (Å²) in [7, 11) is 0. The average molecular weight is 167 g/mol. The summed E-state index contributed by atoms with van der Waals surface area (Å²) in [6, 6.07) is 3.84. The molecule has 11 heavy (non-hydrogen) atoms. The van der Waals surface area contributed by atoms with Gasteiger partial charge >= 0.3 is 5.76 Å². The molecule has 0 fully saturated rings. The first-order valence-electron chi connectivity index (χ1n) is 3.08. The van der Waals surface area contributed by atoms with Crippen molar-refractivity contribution in [2.75, 3.05) is 0 Å². The Morgan fingerprint density at radius 3 is 3.00 bits per heavy atom. The molecule has 0 aliphatic rings. The minimum Gasteiger partial charge on any atom is -0.416 e. The van der Waals surface area contributed by atoms with Crippen LogP contribution in [0.1, 0.15) is 0 Å². The Bertz CT molecular complexity index is 384. The van der Waals surface area contributed by atoms with Gasteiger partial charge in [-0.1, -0.05) is 6.07 Å². The second-order valence-corrected chi connectivity index (χ2v) is 2.99. The van der Waals surface area contributed by atoms with Crippen LogP contribution in [0.25, 0.3) is 10.6 Å². The normalized spacial score (nSPS) is 10.2. The van der Waals surface area contributed by atoms with Crippen molar-refractivity contribution in [2.24, 2.45) is 0 Å². The maximum Gasteiger partial charge on any atom is 0.416 e. The quantitative estimate of drug-likeness (QED) is 0.702. The van der Waals surface area contributed by atoms with Crippen LogP contribution in [-0.4, -0.2) is 4.98 Å². The number of aromatic amines is 1. The number of oxazole rings is 1. The van der Waals surface area contributed by atoms with Crippen LogP contribution in [0, 0.1) is 0 Å². The Kier molecular flexibility index (Phi) is 1.40. The van der Waals surface area contributed by atoms with Gasteiger partial charge in [-0.25, -0.2) is 4.79 Å². The summed E-state index contributed by atoms with van der Waals surface area (Å²) in [6.45, 7) is 0. The fourth-order valence-corrected chi connectivity index (χ4v) is 1.52. The minimum atomic E-state index is -0.409. The van der Waals surface area contributed by atoms with Crippen molar-refractivity contribution in [3.63, 3.8) is 0 Å². The van der Waals surface area contributed by atoms with Crippen LogP contribution in [-0.2, 0) is 0 Å². The molecule has 0 radical (unpaired) electrons. The lowest BCUT2D eigenvalue weighted by Crippen LogP contribution is -1.94. The van der Waals surface area contributed by atoms with E-state index in [0.29, 0.717) is 0 Å². The van der Waals surface area contributed by atoms with Crippen LogP contribution >= 0.6 is 11.3 Å². The molecule has 4 heteroatoms. The fourth-order valence-electron chi connectivity index (χ4n) is 0.833. The summed E-state index contributed by atoms with van der Waals surface area (Å²) >= 11 is 1.56. The van der Waals surface area contributed by atoms with Gasteiger partial charge in [0.05, 0.1) is 10.6 Å². The standard InChI is InChI=1S/C7H5NO2S/c9-7-8-5(4-10-7)6-2-1-3-11-6/h1-4H,(H,8,9). The Balaban J connectivity index is 2.53. The highest BCUT2D eigenvalue weighted by molar-refractivity contribution is 7.13. The van der Waals surface area contributed by atoms with E-state index in [9.17, 15) is 4.79 Å². The lowest BCUT2D eigenvalue weighted by molar-refractivity contribution is 0.515. The van der Waals surface area contributed by atoms with Crippen LogP contribution in [0.2, 0.25) is 0 Å². The Hall–Kier alpha value is -1.29. The number of nitrogens with one attached hydrogen (secondary N) is 1. The lowest BCUT2D eigenvalue weighted by Gasteiger charge is -1.83.